The van der Waals surface area contributed by atoms with Crippen LogP contribution in [0.3, 0.4) is 0 Å². The molecule has 1 fully saturated rings. The maximum Gasteiger partial charge on any atom is 0.334 e. The maximum atomic E-state index is 12.8. The van der Waals surface area contributed by atoms with E-state index in [0.717, 1.165) is 34.2 Å². The number of Topliss-reactive ketones (excluding diaryl/α,β-unsaturated/α-hetero) is 1. The van der Waals surface area contributed by atoms with E-state index in [1.165, 1.54) is 5.56 Å². The molecule has 7 nitrogen and oxygen atoms in total. The molecule has 1 aliphatic heterocycles. The van der Waals surface area contributed by atoms with Gasteiger partial charge in [0.05, 0.1) is 6.54 Å². The van der Waals surface area contributed by atoms with Crippen molar-refractivity contribution in [1.29, 1.82) is 0 Å². The van der Waals surface area contributed by atoms with Crippen LogP contribution in [0.4, 0.5) is 4.79 Å². The van der Waals surface area contributed by atoms with Gasteiger partial charge in [0.25, 0.3) is 0 Å². The quantitative estimate of drug-likeness (QED) is 0.419. The monoisotopic (exact) mass is 381 g/mol. The summed E-state index contributed by atoms with van der Waals surface area (Å²) in [5.74, 6) is -2.18. The first-order valence-electron chi connectivity index (χ1n) is 9.26. The molecule has 28 heavy (non-hydrogen) atoms. The predicted molar refractivity (Wildman–Crippen MR) is 103 cm³/mol. The van der Waals surface area contributed by atoms with Gasteiger partial charge >= 0.3 is 17.8 Å². The molecular weight excluding hydrogens is 358 g/mol. The fourth-order valence-electron chi connectivity index (χ4n) is 3.51. The Morgan fingerprint density at radius 1 is 0.964 bits per heavy atom. The average Bonchev–Trinajstić information content (AvgIpc) is 3.08. The molecule has 4 amide bonds. The molecule has 0 spiro atoms. The number of aryl methyl sites for hydroxylation is 2. The number of likely N-dealkylation sites (N-methyl/N-ethyl adjacent to an activating group) is 1. The number of ketones is 1. The normalized spacial score (nSPS) is 14.3. The van der Waals surface area contributed by atoms with Crippen molar-refractivity contribution in [3.05, 3.63) is 58.9 Å². The first-order valence-corrected chi connectivity index (χ1v) is 9.26. The van der Waals surface area contributed by atoms with E-state index >= 15 is 0 Å². The van der Waals surface area contributed by atoms with Gasteiger partial charge in [0.15, 0.2) is 5.78 Å². The molecule has 0 radical (unpaired) electrons. The highest BCUT2D eigenvalue weighted by atomic mass is 16.2. The molecule has 1 aliphatic rings. The number of aromatic nitrogens is 1. The van der Waals surface area contributed by atoms with Gasteiger partial charge in [-0.3, -0.25) is 19.3 Å². The summed E-state index contributed by atoms with van der Waals surface area (Å²) in [6.07, 6.45) is 0.827. The van der Waals surface area contributed by atoms with Crippen LogP contribution in [0.15, 0.2) is 36.4 Å². The van der Waals surface area contributed by atoms with Crippen molar-refractivity contribution in [2.75, 3.05) is 13.1 Å². The molecule has 0 N–H and O–H groups in total. The fourth-order valence-corrected chi connectivity index (χ4v) is 3.51. The van der Waals surface area contributed by atoms with Gasteiger partial charge in [-0.1, -0.05) is 30.3 Å². The van der Waals surface area contributed by atoms with E-state index < -0.39 is 24.4 Å². The number of hydrogen-bond donors (Lipinski definition) is 0. The van der Waals surface area contributed by atoms with Gasteiger partial charge in [-0.05, 0) is 38.8 Å². The number of carbonyl (C=O) groups excluding carboxylic acids is 4. The molecule has 0 atom stereocenters. The lowest BCUT2D eigenvalue weighted by atomic mass is 10.1. The Morgan fingerprint density at radius 3 is 2.21 bits per heavy atom. The van der Waals surface area contributed by atoms with Crippen molar-refractivity contribution in [1.82, 2.24) is 14.4 Å². The second kappa shape index (κ2) is 7.80. The maximum absolute atomic E-state index is 12.8. The third-order valence-corrected chi connectivity index (χ3v) is 5.09. The number of imide groups is 2. The molecule has 0 saturated carbocycles. The number of benzene rings is 1. The summed E-state index contributed by atoms with van der Waals surface area (Å²) >= 11 is 0. The van der Waals surface area contributed by atoms with Gasteiger partial charge in [0.2, 0.25) is 0 Å². The lowest BCUT2D eigenvalue weighted by Crippen LogP contribution is -2.37. The predicted octanol–water partition coefficient (Wildman–Crippen LogP) is 2.34. The van der Waals surface area contributed by atoms with Crippen LogP contribution in [0.1, 0.15) is 34.2 Å². The van der Waals surface area contributed by atoms with E-state index in [4.69, 9.17) is 0 Å². The SMILES string of the molecule is CCN1C(=O)C(=O)N(CC(=O)c2cc(C)n(CCc3ccccc3)c2C)C1=O. The highest BCUT2D eigenvalue weighted by molar-refractivity contribution is 6.45. The molecule has 0 bridgehead atoms. The Hall–Kier alpha value is -3.22. The van der Waals surface area contributed by atoms with E-state index in [0.29, 0.717) is 5.56 Å². The van der Waals surface area contributed by atoms with Crippen LogP contribution in [0.2, 0.25) is 0 Å². The first-order chi connectivity index (χ1) is 13.3. The summed E-state index contributed by atoms with van der Waals surface area (Å²) in [7, 11) is 0. The van der Waals surface area contributed by atoms with Gasteiger partial charge in [0, 0.05) is 30.0 Å². The van der Waals surface area contributed by atoms with E-state index in [9.17, 15) is 19.2 Å². The average molecular weight is 381 g/mol. The summed E-state index contributed by atoms with van der Waals surface area (Å²) in [6.45, 7) is 5.77. The van der Waals surface area contributed by atoms with Gasteiger partial charge in [-0.15, -0.1) is 0 Å². The minimum absolute atomic E-state index is 0.0993. The van der Waals surface area contributed by atoms with Crippen LogP contribution in [0.25, 0.3) is 0 Å². The van der Waals surface area contributed by atoms with Crippen molar-refractivity contribution < 1.29 is 19.2 Å². The Bertz CT molecular complexity index is 946. The second-order valence-corrected chi connectivity index (χ2v) is 6.82. The van der Waals surface area contributed by atoms with Gasteiger partial charge in [-0.2, -0.15) is 0 Å². The summed E-state index contributed by atoms with van der Waals surface area (Å²) in [6, 6.07) is 11.1. The van der Waals surface area contributed by atoms with Crippen LogP contribution in [0.5, 0.6) is 0 Å². The van der Waals surface area contributed by atoms with E-state index in [1.807, 2.05) is 32.0 Å². The van der Waals surface area contributed by atoms with Crippen molar-refractivity contribution in [2.45, 2.75) is 33.7 Å². The molecule has 2 aromatic rings. The van der Waals surface area contributed by atoms with Crippen LogP contribution < -0.4 is 0 Å². The van der Waals surface area contributed by atoms with Gasteiger partial charge in [0.1, 0.15) is 0 Å². The van der Waals surface area contributed by atoms with E-state index in [2.05, 4.69) is 16.7 Å². The molecule has 146 valence electrons. The number of nitrogens with zero attached hydrogens (tertiary/aromatic N) is 3. The summed E-state index contributed by atoms with van der Waals surface area (Å²) in [5.41, 5.74) is 3.39. The number of hydrogen-bond acceptors (Lipinski definition) is 4. The van der Waals surface area contributed by atoms with E-state index in [1.54, 1.807) is 13.0 Å². The number of rotatable bonds is 7. The summed E-state index contributed by atoms with van der Waals surface area (Å²) < 4.78 is 2.05. The van der Waals surface area contributed by atoms with Crippen LogP contribution in [-0.2, 0) is 22.6 Å². The Morgan fingerprint density at radius 2 is 1.61 bits per heavy atom. The number of amides is 4. The second-order valence-electron chi connectivity index (χ2n) is 6.82. The Labute approximate surface area is 163 Å². The lowest BCUT2D eigenvalue weighted by molar-refractivity contribution is -0.143. The summed E-state index contributed by atoms with van der Waals surface area (Å²) in [5, 5.41) is 0. The van der Waals surface area contributed by atoms with Gasteiger partial charge < -0.3 is 4.57 Å². The molecular formula is C21H23N3O4. The first kappa shape index (κ1) is 19.5. The minimum Gasteiger partial charge on any atom is -0.348 e. The lowest BCUT2D eigenvalue weighted by Gasteiger charge is -2.13. The van der Waals surface area contributed by atoms with E-state index in [-0.39, 0.29) is 12.3 Å². The van der Waals surface area contributed by atoms with Crippen LogP contribution in [-0.4, -0.2) is 51.1 Å². The number of urea groups is 1. The molecule has 0 unspecified atom stereocenters. The highest BCUT2D eigenvalue weighted by Gasteiger charge is 2.44. The summed E-state index contributed by atoms with van der Waals surface area (Å²) in [4.78, 5) is 50.4. The Kier molecular flexibility index (Phi) is 5.44. The third kappa shape index (κ3) is 3.47. The molecule has 1 saturated heterocycles. The van der Waals surface area contributed by atoms with Gasteiger partial charge in [-0.25, -0.2) is 9.69 Å². The molecule has 3 rings (SSSR count). The van der Waals surface area contributed by atoms with Crippen molar-refractivity contribution in [3.8, 4) is 0 Å². The zero-order valence-electron chi connectivity index (χ0n) is 16.3. The third-order valence-electron chi connectivity index (χ3n) is 5.09. The zero-order valence-corrected chi connectivity index (χ0v) is 16.3. The standard InChI is InChI=1S/C21H23N3O4/c1-4-22-19(26)20(27)24(21(22)28)13-18(25)17-12-14(2)23(15(17)3)11-10-16-8-6-5-7-9-16/h5-9,12H,4,10-11,13H2,1-3H3. The van der Waals surface area contributed by atoms with Crippen molar-refractivity contribution >= 4 is 23.6 Å². The zero-order chi connectivity index (χ0) is 20.4. The molecule has 2 heterocycles. The molecule has 7 heteroatoms. The van der Waals surface area contributed by atoms with Crippen LogP contribution >= 0.6 is 0 Å². The molecule has 0 aliphatic carbocycles. The Balaban J connectivity index is 1.75. The van der Waals surface area contributed by atoms with Crippen LogP contribution in [0, 0.1) is 13.8 Å². The smallest absolute Gasteiger partial charge is 0.334 e. The molecule has 1 aromatic carbocycles. The number of carbonyl (C=O) groups is 4. The largest absolute Gasteiger partial charge is 0.348 e. The highest BCUT2D eigenvalue weighted by Crippen LogP contribution is 2.19. The van der Waals surface area contributed by atoms with Crippen molar-refractivity contribution in [2.24, 2.45) is 0 Å². The van der Waals surface area contributed by atoms with Crippen molar-refractivity contribution in [3.63, 3.8) is 0 Å². The fraction of sp³-hybridized carbons (Fsp3) is 0.333. The minimum atomic E-state index is -0.946. The molecule has 1 aromatic heterocycles. The topological polar surface area (TPSA) is 79.7 Å².